The maximum absolute atomic E-state index is 8.97. The monoisotopic (exact) mass is 278 g/mol. The Morgan fingerprint density at radius 1 is 1.06 bits per heavy atom. The van der Waals surface area contributed by atoms with Gasteiger partial charge in [0.15, 0.2) is 0 Å². The zero-order valence-electron chi connectivity index (χ0n) is 9.15. The van der Waals surface area contributed by atoms with Crippen LogP contribution in [0.4, 0.5) is 5.69 Å². The van der Waals surface area contributed by atoms with Crippen molar-refractivity contribution in [1.29, 1.82) is 5.26 Å². The van der Waals surface area contributed by atoms with Gasteiger partial charge in [-0.1, -0.05) is 23.2 Å². The van der Waals surface area contributed by atoms with Crippen molar-refractivity contribution >= 4 is 28.9 Å². The SMILES string of the molecule is N#Cc1ccc(Cl)cc1Oc1ccc(N)cc1Cl. The molecule has 2 N–H and O–H groups in total. The molecule has 0 heterocycles. The van der Waals surface area contributed by atoms with E-state index in [0.29, 0.717) is 32.8 Å². The first kappa shape index (κ1) is 12.6. The Morgan fingerprint density at radius 3 is 2.50 bits per heavy atom. The molecule has 0 aromatic heterocycles. The fourth-order valence-electron chi connectivity index (χ4n) is 1.39. The minimum atomic E-state index is 0.358. The summed E-state index contributed by atoms with van der Waals surface area (Å²) in [4.78, 5) is 0. The molecular weight excluding hydrogens is 271 g/mol. The van der Waals surface area contributed by atoms with E-state index in [0.717, 1.165) is 0 Å². The van der Waals surface area contributed by atoms with Crippen molar-refractivity contribution in [2.75, 3.05) is 5.73 Å². The third kappa shape index (κ3) is 2.67. The van der Waals surface area contributed by atoms with E-state index in [1.165, 1.54) is 0 Å². The lowest BCUT2D eigenvalue weighted by Gasteiger charge is -2.09. The summed E-state index contributed by atoms with van der Waals surface area (Å²) in [6.45, 7) is 0. The lowest BCUT2D eigenvalue weighted by atomic mass is 10.2. The van der Waals surface area contributed by atoms with Crippen LogP contribution in [0.3, 0.4) is 0 Å². The Hall–Kier alpha value is -1.89. The second-order valence-electron chi connectivity index (χ2n) is 3.54. The van der Waals surface area contributed by atoms with Crippen LogP contribution in [0.5, 0.6) is 11.5 Å². The predicted molar refractivity (Wildman–Crippen MR) is 72.1 cm³/mol. The van der Waals surface area contributed by atoms with Crippen LogP contribution in [-0.4, -0.2) is 0 Å². The average molecular weight is 279 g/mol. The van der Waals surface area contributed by atoms with Gasteiger partial charge in [0.25, 0.3) is 0 Å². The molecular formula is C13H8Cl2N2O. The van der Waals surface area contributed by atoms with E-state index in [1.54, 1.807) is 36.4 Å². The third-order valence-electron chi connectivity index (χ3n) is 2.24. The number of nitrogens with two attached hydrogens (primary N) is 1. The molecule has 0 saturated carbocycles. The highest BCUT2D eigenvalue weighted by atomic mass is 35.5. The average Bonchev–Trinajstić information content (AvgIpc) is 2.33. The fraction of sp³-hybridized carbons (Fsp3) is 0. The first-order valence-electron chi connectivity index (χ1n) is 5.02. The van der Waals surface area contributed by atoms with E-state index < -0.39 is 0 Å². The molecule has 0 radical (unpaired) electrons. The van der Waals surface area contributed by atoms with Gasteiger partial charge >= 0.3 is 0 Å². The van der Waals surface area contributed by atoms with Gasteiger partial charge in [-0.15, -0.1) is 0 Å². The van der Waals surface area contributed by atoms with E-state index in [1.807, 2.05) is 6.07 Å². The number of nitrogen functional groups attached to an aromatic ring is 1. The van der Waals surface area contributed by atoms with Gasteiger partial charge in [0.2, 0.25) is 0 Å². The summed E-state index contributed by atoms with van der Waals surface area (Å²) in [5.41, 5.74) is 6.51. The normalized spacial score (nSPS) is 9.83. The van der Waals surface area contributed by atoms with E-state index in [9.17, 15) is 0 Å². The van der Waals surface area contributed by atoms with Gasteiger partial charge in [-0.25, -0.2) is 0 Å². The first-order valence-corrected chi connectivity index (χ1v) is 5.78. The van der Waals surface area contributed by atoms with E-state index in [2.05, 4.69) is 0 Å². The molecule has 2 rings (SSSR count). The molecule has 2 aromatic carbocycles. The number of hydrogen-bond acceptors (Lipinski definition) is 3. The predicted octanol–water partition coefficient (Wildman–Crippen LogP) is 4.24. The standard InChI is InChI=1S/C13H8Cl2N2O/c14-9-2-1-8(7-16)13(5-9)18-12-4-3-10(17)6-11(12)15/h1-6H,17H2. The molecule has 0 aliphatic heterocycles. The number of ether oxygens (including phenoxy) is 1. The summed E-state index contributed by atoms with van der Waals surface area (Å²) in [7, 11) is 0. The lowest BCUT2D eigenvalue weighted by molar-refractivity contribution is 0.481. The highest BCUT2D eigenvalue weighted by molar-refractivity contribution is 6.32. The van der Waals surface area contributed by atoms with Crippen molar-refractivity contribution in [2.45, 2.75) is 0 Å². The molecule has 18 heavy (non-hydrogen) atoms. The van der Waals surface area contributed by atoms with Crippen molar-refractivity contribution < 1.29 is 4.74 Å². The molecule has 0 amide bonds. The van der Waals surface area contributed by atoms with Crippen molar-refractivity contribution in [3.8, 4) is 17.6 Å². The highest BCUT2D eigenvalue weighted by Gasteiger charge is 2.08. The maximum Gasteiger partial charge on any atom is 0.146 e. The van der Waals surface area contributed by atoms with Crippen molar-refractivity contribution in [3.63, 3.8) is 0 Å². The fourth-order valence-corrected chi connectivity index (χ4v) is 1.78. The van der Waals surface area contributed by atoms with E-state index >= 15 is 0 Å². The molecule has 0 fully saturated rings. The topological polar surface area (TPSA) is 59.0 Å². The summed E-state index contributed by atoms with van der Waals surface area (Å²) >= 11 is 11.9. The van der Waals surface area contributed by atoms with Gasteiger partial charge in [0.1, 0.15) is 17.6 Å². The molecule has 90 valence electrons. The molecule has 5 heteroatoms. The number of hydrogen-bond donors (Lipinski definition) is 1. The minimum Gasteiger partial charge on any atom is -0.454 e. The van der Waals surface area contributed by atoms with Crippen LogP contribution in [0, 0.1) is 11.3 Å². The summed E-state index contributed by atoms with van der Waals surface area (Å²) in [5.74, 6) is 0.779. The van der Waals surface area contributed by atoms with Crippen LogP contribution < -0.4 is 10.5 Å². The summed E-state index contributed by atoms with van der Waals surface area (Å²) in [5, 5.41) is 9.83. The Balaban J connectivity index is 2.40. The van der Waals surface area contributed by atoms with Crippen molar-refractivity contribution in [2.24, 2.45) is 0 Å². The highest BCUT2D eigenvalue weighted by Crippen LogP contribution is 2.33. The zero-order chi connectivity index (χ0) is 13.1. The van der Waals surface area contributed by atoms with Crippen LogP contribution in [0.15, 0.2) is 36.4 Å². The number of rotatable bonds is 2. The van der Waals surface area contributed by atoms with Gasteiger partial charge in [0.05, 0.1) is 10.6 Å². The largest absolute Gasteiger partial charge is 0.454 e. The zero-order valence-corrected chi connectivity index (χ0v) is 10.7. The van der Waals surface area contributed by atoms with Crippen molar-refractivity contribution in [1.82, 2.24) is 0 Å². The van der Waals surface area contributed by atoms with E-state index in [-0.39, 0.29) is 0 Å². The number of anilines is 1. The molecule has 3 nitrogen and oxygen atoms in total. The summed E-state index contributed by atoms with van der Waals surface area (Å²) < 4.78 is 5.57. The molecule has 2 aromatic rings. The molecule has 0 aliphatic carbocycles. The summed E-state index contributed by atoms with van der Waals surface area (Å²) in [6.07, 6.45) is 0. The molecule has 0 saturated heterocycles. The van der Waals surface area contributed by atoms with Crippen LogP contribution in [-0.2, 0) is 0 Å². The number of nitrogens with zero attached hydrogens (tertiary/aromatic N) is 1. The second kappa shape index (κ2) is 5.18. The molecule has 0 unspecified atom stereocenters. The number of nitriles is 1. The molecule has 0 spiro atoms. The Labute approximate surface area is 114 Å². The molecule has 0 atom stereocenters. The van der Waals surface area contributed by atoms with Crippen LogP contribution in [0.25, 0.3) is 0 Å². The maximum atomic E-state index is 8.97. The Kier molecular flexibility index (Phi) is 3.61. The van der Waals surface area contributed by atoms with Gasteiger partial charge < -0.3 is 10.5 Å². The molecule has 0 aliphatic rings. The van der Waals surface area contributed by atoms with Crippen LogP contribution in [0.2, 0.25) is 10.0 Å². The van der Waals surface area contributed by atoms with Crippen molar-refractivity contribution in [3.05, 3.63) is 52.0 Å². The molecule has 0 bridgehead atoms. The minimum absolute atomic E-state index is 0.358. The Morgan fingerprint density at radius 2 is 1.83 bits per heavy atom. The van der Waals surface area contributed by atoms with Gasteiger partial charge in [-0.3, -0.25) is 0 Å². The summed E-state index contributed by atoms with van der Waals surface area (Å²) in [6, 6.07) is 11.7. The smallest absolute Gasteiger partial charge is 0.146 e. The van der Waals surface area contributed by atoms with Gasteiger partial charge in [-0.05, 0) is 30.3 Å². The quantitative estimate of drug-likeness (QED) is 0.836. The number of benzene rings is 2. The van der Waals surface area contributed by atoms with Crippen LogP contribution in [0.1, 0.15) is 5.56 Å². The van der Waals surface area contributed by atoms with Gasteiger partial charge in [0, 0.05) is 16.8 Å². The van der Waals surface area contributed by atoms with E-state index in [4.69, 9.17) is 38.9 Å². The van der Waals surface area contributed by atoms with Gasteiger partial charge in [-0.2, -0.15) is 5.26 Å². The van der Waals surface area contributed by atoms with Crippen LogP contribution >= 0.6 is 23.2 Å². The third-order valence-corrected chi connectivity index (χ3v) is 2.77. The Bertz CT molecular complexity index is 635. The first-order chi connectivity index (χ1) is 8.60. The lowest BCUT2D eigenvalue weighted by Crippen LogP contribution is -1.91. The second-order valence-corrected chi connectivity index (χ2v) is 4.39. The number of halogens is 2.